The summed E-state index contributed by atoms with van der Waals surface area (Å²) in [6.45, 7) is 0. The number of hydrogen-bond acceptors (Lipinski definition) is 5. The van der Waals surface area contributed by atoms with Gasteiger partial charge in [-0.05, 0) is 12.1 Å². The summed E-state index contributed by atoms with van der Waals surface area (Å²) in [6, 6.07) is 9.80. The Morgan fingerprint density at radius 2 is 1.71 bits per heavy atom. The Bertz CT molecular complexity index is 633. The van der Waals surface area contributed by atoms with Gasteiger partial charge >= 0.3 is 0 Å². The second-order valence-corrected chi connectivity index (χ2v) is 3.46. The third kappa shape index (κ3) is 1.90. The second kappa shape index (κ2) is 4.13. The average Bonchev–Trinajstić information content (AvgIpc) is 2.40. The molecule has 0 amide bonds. The minimum absolute atomic E-state index is 0.524. The van der Waals surface area contributed by atoms with Crippen LogP contribution >= 0.6 is 0 Å². The van der Waals surface area contributed by atoms with Crippen LogP contribution in [0.3, 0.4) is 0 Å². The fourth-order valence-corrected chi connectivity index (χ4v) is 1.63. The van der Waals surface area contributed by atoms with E-state index in [2.05, 4.69) is 25.3 Å². The molecule has 1 aromatic carbocycles. The third-order valence-corrected chi connectivity index (χ3v) is 2.39. The number of fused-ring (bicyclic) bond motifs is 1. The normalized spacial score (nSPS) is 10.4. The van der Waals surface area contributed by atoms with Gasteiger partial charge < -0.3 is 5.32 Å². The molecule has 0 atom stereocenters. The number of pyridine rings is 1. The van der Waals surface area contributed by atoms with E-state index in [1.165, 1.54) is 12.7 Å². The van der Waals surface area contributed by atoms with E-state index < -0.39 is 0 Å². The van der Waals surface area contributed by atoms with Crippen molar-refractivity contribution in [3.05, 3.63) is 49.2 Å². The summed E-state index contributed by atoms with van der Waals surface area (Å²) in [5.41, 5.74) is 1.87. The third-order valence-electron chi connectivity index (χ3n) is 2.39. The molecule has 82 valence electrons. The zero-order chi connectivity index (χ0) is 11.5. The fraction of sp³-hybridized carbons (Fsp3) is 0. The van der Waals surface area contributed by atoms with Gasteiger partial charge in [0.25, 0.3) is 0 Å². The minimum Gasteiger partial charge on any atom is -0.323 e. The van der Waals surface area contributed by atoms with Crippen LogP contribution < -0.4 is 5.32 Å². The van der Waals surface area contributed by atoms with E-state index in [1.54, 1.807) is 6.20 Å². The number of benzene rings is 1. The number of aromatic nitrogens is 4. The van der Waals surface area contributed by atoms with Crippen molar-refractivity contribution in [2.24, 2.45) is 0 Å². The summed E-state index contributed by atoms with van der Waals surface area (Å²) in [5.74, 6) is 0.524. The molecule has 0 fully saturated rings. The molecule has 3 rings (SSSR count). The molecule has 0 radical (unpaired) electrons. The van der Waals surface area contributed by atoms with E-state index in [-0.39, 0.29) is 0 Å². The van der Waals surface area contributed by atoms with Crippen LogP contribution in [0.1, 0.15) is 0 Å². The van der Waals surface area contributed by atoms with E-state index in [0.29, 0.717) is 5.95 Å². The first-order chi connectivity index (χ1) is 8.43. The number of nitrogens with one attached hydrogen (secondary N) is 1. The Hall–Kier alpha value is -2.56. The highest BCUT2D eigenvalue weighted by atomic mass is 15.1. The highest BCUT2D eigenvalue weighted by molar-refractivity contribution is 5.92. The largest absolute Gasteiger partial charge is 0.323 e. The molecule has 3 aromatic rings. The molecular formula is C12H9N5. The van der Waals surface area contributed by atoms with Gasteiger partial charge in [-0.15, -0.1) is 0 Å². The van der Waals surface area contributed by atoms with Gasteiger partial charge in [0.15, 0.2) is 0 Å². The molecule has 1 N–H and O–H groups in total. The lowest BCUT2D eigenvalue weighted by Crippen LogP contribution is -1.97. The SMILES string of the molecule is c1ccc2c(Nc3ncncn3)ccnc2c1. The molecule has 2 heterocycles. The van der Waals surface area contributed by atoms with Crippen LogP contribution in [0.4, 0.5) is 11.6 Å². The van der Waals surface area contributed by atoms with Gasteiger partial charge in [-0.1, -0.05) is 18.2 Å². The molecule has 0 aliphatic rings. The predicted octanol–water partition coefficient (Wildman–Crippen LogP) is 2.16. The predicted molar refractivity (Wildman–Crippen MR) is 64.9 cm³/mol. The van der Waals surface area contributed by atoms with Gasteiger partial charge in [0.2, 0.25) is 5.95 Å². The topological polar surface area (TPSA) is 63.6 Å². The Balaban J connectivity index is 2.06. The van der Waals surface area contributed by atoms with Crippen molar-refractivity contribution < 1.29 is 0 Å². The second-order valence-electron chi connectivity index (χ2n) is 3.46. The maximum atomic E-state index is 4.29. The smallest absolute Gasteiger partial charge is 0.230 e. The first-order valence-electron chi connectivity index (χ1n) is 5.16. The number of hydrogen-bond donors (Lipinski definition) is 1. The Labute approximate surface area is 97.6 Å². The van der Waals surface area contributed by atoms with E-state index in [4.69, 9.17) is 0 Å². The van der Waals surface area contributed by atoms with Crippen LogP contribution in [0, 0.1) is 0 Å². The van der Waals surface area contributed by atoms with Crippen LogP contribution in [-0.2, 0) is 0 Å². The molecule has 0 saturated carbocycles. The van der Waals surface area contributed by atoms with Crippen LogP contribution in [0.5, 0.6) is 0 Å². The van der Waals surface area contributed by atoms with Crippen molar-refractivity contribution in [2.75, 3.05) is 5.32 Å². The van der Waals surface area contributed by atoms with Crippen LogP contribution in [-0.4, -0.2) is 19.9 Å². The minimum atomic E-state index is 0.524. The van der Waals surface area contributed by atoms with Crippen molar-refractivity contribution in [2.45, 2.75) is 0 Å². The standard InChI is InChI=1S/C12H9N5/c1-2-4-10-9(3-1)11(5-6-14-10)17-12-15-7-13-8-16-12/h1-8H,(H,13,14,15,16,17). The van der Waals surface area contributed by atoms with Crippen molar-refractivity contribution in [3.8, 4) is 0 Å². The summed E-state index contributed by atoms with van der Waals surface area (Å²) in [4.78, 5) is 16.1. The molecule has 0 unspecified atom stereocenters. The lowest BCUT2D eigenvalue weighted by molar-refractivity contribution is 1.05. The van der Waals surface area contributed by atoms with Gasteiger partial charge in [0.1, 0.15) is 12.7 Å². The molecule has 0 bridgehead atoms. The van der Waals surface area contributed by atoms with Crippen molar-refractivity contribution in [1.29, 1.82) is 0 Å². The van der Waals surface area contributed by atoms with E-state index in [0.717, 1.165) is 16.6 Å². The molecule has 0 aliphatic heterocycles. The van der Waals surface area contributed by atoms with Gasteiger partial charge in [-0.2, -0.15) is 0 Å². The number of para-hydroxylation sites is 1. The van der Waals surface area contributed by atoms with Gasteiger partial charge in [-0.25, -0.2) is 15.0 Å². The maximum Gasteiger partial charge on any atom is 0.230 e. The summed E-state index contributed by atoms with van der Waals surface area (Å²) in [6.07, 6.45) is 4.67. The summed E-state index contributed by atoms with van der Waals surface area (Å²) >= 11 is 0. The van der Waals surface area contributed by atoms with Crippen molar-refractivity contribution in [1.82, 2.24) is 19.9 Å². The zero-order valence-electron chi connectivity index (χ0n) is 8.91. The van der Waals surface area contributed by atoms with Crippen molar-refractivity contribution in [3.63, 3.8) is 0 Å². The molecular weight excluding hydrogens is 214 g/mol. The lowest BCUT2D eigenvalue weighted by atomic mass is 10.2. The monoisotopic (exact) mass is 223 g/mol. The van der Waals surface area contributed by atoms with Crippen LogP contribution in [0.25, 0.3) is 10.9 Å². The number of nitrogens with zero attached hydrogens (tertiary/aromatic N) is 4. The maximum absolute atomic E-state index is 4.29. The molecule has 2 aromatic heterocycles. The highest BCUT2D eigenvalue weighted by Gasteiger charge is 2.02. The first kappa shape index (κ1) is 9.65. The summed E-state index contributed by atoms with van der Waals surface area (Å²) < 4.78 is 0. The van der Waals surface area contributed by atoms with Gasteiger partial charge in [0, 0.05) is 11.6 Å². The first-order valence-corrected chi connectivity index (χ1v) is 5.16. The molecule has 5 nitrogen and oxygen atoms in total. The molecule has 0 spiro atoms. The number of anilines is 2. The molecule has 0 aliphatic carbocycles. The Morgan fingerprint density at radius 3 is 2.59 bits per heavy atom. The quantitative estimate of drug-likeness (QED) is 0.721. The Morgan fingerprint density at radius 1 is 0.882 bits per heavy atom. The average molecular weight is 223 g/mol. The highest BCUT2D eigenvalue weighted by Crippen LogP contribution is 2.22. The van der Waals surface area contributed by atoms with Gasteiger partial charge in [-0.3, -0.25) is 4.98 Å². The number of rotatable bonds is 2. The summed E-state index contributed by atoms with van der Waals surface area (Å²) in [7, 11) is 0. The van der Waals surface area contributed by atoms with Gasteiger partial charge in [0.05, 0.1) is 11.2 Å². The Kier molecular flexibility index (Phi) is 2.34. The summed E-state index contributed by atoms with van der Waals surface area (Å²) in [5, 5.41) is 4.18. The zero-order valence-corrected chi connectivity index (χ0v) is 8.91. The molecule has 0 saturated heterocycles. The van der Waals surface area contributed by atoms with Crippen LogP contribution in [0.2, 0.25) is 0 Å². The molecule has 17 heavy (non-hydrogen) atoms. The van der Waals surface area contributed by atoms with Crippen molar-refractivity contribution >= 4 is 22.5 Å². The molecule has 5 heteroatoms. The van der Waals surface area contributed by atoms with E-state index in [1.807, 2.05) is 30.3 Å². The van der Waals surface area contributed by atoms with E-state index >= 15 is 0 Å². The fourth-order valence-electron chi connectivity index (χ4n) is 1.63. The lowest BCUT2D eigenvalue weighted by Gasteiger charge is -2.06. The van der Waals surface area contributed by atoms with Crippen LogP contribution in [0.15, 0.2) is 49.2 Å². The van der Waals surface area contributed by atoms with E-state index in [9.17, 15) is 0 Å².